The Bertz CT molecular complexity index is 371. The molecule has 0 saturated carbocycles. The van der Waals surface area contributed by atoms with Crippen LogP contribution in [0.1, 0.15) is 32.3 Å². The first kappa shape index (κ1) is 14.4. The Labute approximate surface area is 116 Å². The molecule has 3 heteroatoms. The molecule has 1 fully saturated rings. The highest BCUT2D eigenvalue weighted by Gasteiger charge is 2.23. The number of rotatable bonds is 6. The Morgan fingerprint density at radius 3 is 2.63 bits per heavy atom. The third-order valence-electron chi connectivity index (χ3n) is 3.77. The predicted molar refractivity (Wildman–Crippen MR) is 77.7 cm³/mol. The summed E-state index contributed by atoms with van der Waals surface area (Å²) in [6.07, 6.45) is 3.80. The van der Waals surface area contributed by atoms with Crippen molar-refractivity contribution in [3.05, 3.63) is 29.8 Å². The van der Waals surface area contributed by atoms with Crippen molar-refractivity contribution in [3.63, 3.8) is 0 Å². The number of methoxy groups -OCH3 is 1. The maximum Gasteiger partial charge on any atom is 0.118 e. The Hall–Kier alpha value is -1.06. The minimum absolute atomic E-state index is 0.387. The van der Waals surface area contributed by atoms with Crippen LogP contribution in [-0.4, -0.2) is 31.9 Å². The molecule has 0 radical (unpaired) electrons. The minimum Gasteiger partial charge on any atom is -0.497 e. The second kappa shape index (κ2) is 6.92. The van der Waals surface area contributed by atoms with Crippen molar-refractivity contribution >= 4 is 0 Å². The smallest absolute Gasteiger partial charge is 0.118 e. The molecule has 1 aliphatic heterocycles. The van der Waals surface area contributed by atoms with Gasteiger partial charge in [0.05, 0.1) is 13.2 Å². The van der Waals surface area contributed by atoms with Gasteiger partial charge in [0, 0.05) is 18.7 Å². The van der Waals surface area contributed by atoms with Crippen LogP contribution in [0, 0.1) is 0 Å². The Morgan fingerprint density at radius 2 is 2.05 bits per heavy atom. The highest BCUT2D eigenvalue weighted by Crippen LogP contribution is 2.17. The molecule has 0 spiro atoms. The molecule has 106 valence electrons. The molecular formula is C16H25NO2. The molecule has 2 rings (SSSR count). The summed E-state index contributed by atoms with van der Waals surface area (Å²) in [4.78, 5) is 0. The van der Waals surface area contributed by atoms with E-state index in [1.54, 1.807) is 7.11 Å². The van der Waals surface area contributed by atoms with Crippen LogP contribution in [0.15, 0.2) is 24.3 Å². The normalized spacial score (nSPS) is 22.2. The molecule has 1 aliphatic rings. The summed E-state index contributed by atoms with van der Waals surface area (Å²) in [5.41, 5.74) is 1.33. The summed E-state index contributed by atoms with van der Waals surface area (Å²) in [5.74, 6) is 0.914. The molecule has 19 heavy (non-hydrogen) atoms. The van der Waals surface area contributed by atoms with Gasteiger partial charge in [0.25, 0.3) is 0 Å². The van der Waals surface area contributed by atoms with E-state index >= 15 is 0 Å². The van der Waals surface area contributed by atoms with Gasteiger partial charge in [-0.15, -0.1) is 0 Å². The van der Waals surface area contributed by atoms with E-state index in [4.69, 9.17) is 9.47 Å². The standard InChI is InChI=1S/C16H25NO2/c1-12(17-13(2)16-5-4-10-19-16)11-14-6-8-15(18-3)9-7-14/h6-9,12-13,16-17H,4-5,10-11H2,1-3H3. The largest absolute Gasteiger partial charge is 0.497 e. The van der Waals surface area contributed by atoms with Crippen LogP contribution in [-0.2, 0) is 11.2 Å². The summed E-state index contributed by atoms with van der Waals surface area (Å²) in [6.45, 7) is 5.37. The highest BCUT2D eigenvalue weighted by atomic mass is 16.5. The van der Waals surface area contributed by atoms with Gasteiger partial charge in [-0.25, -0.2) is 0 Å². The molecule has 0 amide bonds. The average Bonchev–Trinajstić information content (AvgIpc) is 2.93. The van der Waals surface area contributed by atoms with E-state index in [0.717, 1.165) is 18.8 Å². The lowest BCUT2D eigenvalue weighted by Gasteiger charge is -2.24. The zero-order valence-electron chi connectivity index (χ0n) is 12.2. The van der Waals surface area contributed by atoms with Gasteiger partial charge in [-0.1, -0.05) is 12.1 Å². The van der Waals surface area contributed by atoms with Crippen LogP contribution in [0.2, 0.25) is 0 Å². The summed E-state index contributed by atoms with van der Waals surface area (Å²) < 4.78 is 10.9. The van der Waals surface area contributed by atoms with E-state index in [9.17, 15) is 0 Å². The summed E-state index contributed by atoms with van der Waals surface area (Å²) >= 11 is 0. The number of hydrogen-bond donors (Lipinski definition) is 1. The molecule has 0 aromatic heterocycles. The summed E-state index contributed by atoms with van der Waals surface area (Å²) in [7, 11) is 1.70. The van der Waals surface area contributed by atoms with Crippen LogP contribution in [0.4, 0.5) is 0 Å². The maximum absolute atomic E-state index is 5.72. The molecule has 3 nitrogen and oxygen atoms in total. The molecule has 1 N–H and O–H groups in total. The van der Waals surface area contributed by atoms with Crippen LogP contribution >= 0.6 is 0 Å². The lowest BCUT2D eigenvalue weighted by Crippen LogP contribution is -2.42. The van der Waals surface area contributed by atoms with Gasteiger partial charge >= 0.3 is 0 Å². The minimum atomic E-state index is 0.387. The van der Waals surface area contributed by atoms with Gasteiger partial charge < -0.3 is 14.8 Å². The molecule has 0 bridgehead atoms. The molecule has 1 heterocycles. The fraction of sp³-hybridized carbons (Fsp3) is 0.625. The molecule has 1 saturated heterocycles. The van der Waals surface area contributed by atoms with Crippen LogP contribution in [0.3, 0.4) is 0 Å². The van der Waals surface area contributed by atoms with E-state index < -0.39 is 0 Å². The first-order valence-corrected chi connectivity index (χ1v) is 7.19. The van der Waals surface area contributed by atoms with E-state index in [2.05, 4.69) is 31.3 Å². The van der Waals surface area contributed by atoms with E-state index in [0.29, 0.717) is 18.2 Å². The van der Waals surface area contributed by atoms with Crippen LogP contribution in [0.25, 0.3) is 0 Å². The van der Waals surface area contributed by atoms with Crippen molar-refractivity contribution in [3.8, 4) is 5.75 Å². The maximum atomic E-state index is 5.72. The summed E-state index contributed by atoms with van der Waals surface area (Å²) in [6, 6.07) is 9.18. The van der Waals surface area contributed by atoms with Crippen LogP contribution in [0.5, 0.6) is 5.75 Å². The van der Waals surface area contributed by atoms with Gasteiger partial charge in [-0.3, -0.25) is 0 Å². The van der Waals surface area contributed by atoms with Gasteiger partial charge in [0.15, 0.2) is 0 Å². The quantitative estimate of drug-likeness (QED) is 0.856. The van der Waals surface area contributed by atoms with Crippen molar-refractivity contribution < 1.29 is 9.47 Å². The van der Waals surface area contributed by atoms with E-state index in [1.807, 2.05) is 12.1 Å². The van der Waals surface area contributed by atoms with E-state index in [-0.39, 0.29) is 0 Å². The number of benzene rings is 1. The van der Waals surface area contributed by atoms with Gasteiger partial charge in [-0.05, 0) is 50.8 Å². The first-order chi connectivity index (χ1) is 9.19. The predicted octanol–water partition coefficient (Wildman–Crippen LogP) is 2.78. The zero-order valence-corrected chi connectivity index (χ0v) is 12.2. The van der Waals surface area contributed by atoms with Crippen molar-refractivity contribution in [2.45, 2.75) is 51.3 Å². The highest BCUT2D eigenvalue weighted by molar-refractivity contribution is 5.27. The van der Waals surface area contributed by atoms with Crippen molar-refractivity contribution in [2.24, 2.45) is 0 Å². The SMILES string of the molecule is COc1ccc(CC(C)NC(C)C2CCCO2)cc1. The Kier molecular flexibility index (Phi) is 5.23. The topological polar surface area (TPSA) is 30.5 Å². The third-order valence-corrected chi connectivity index (χ3v) is 3.77. The fourth-order valence-electron chi connectivity index (χ4n) is 2.73. The number of ether oxygens (including phenoxy) is 2. The zero-order chi connectivity index (χ0) is 13.7. The first-order valence-electron chi connectivity index (χ1n) is 7.19. The molecule has 0 aliphatic carbocycles. The molecule has 3 unspecified atom stereocenters. The van der Waals surface area contributed by atoms with Crippen LogP contribution < -0.4 is 10.1 Å². The number of hydrogen-bond acceptors (Lipinski definition) is 3. The molecule has 1 aromatic rings. The van der Waals surface area contributed by atoms with Crippen molar-refractivity contribution in [2.75, 3.05) is 13.7 Å². The molecular weight excluding hydrogens is 238 g/mol. The lowest BCUT2D eigenvalue weighted by atomic mass is 10.0. The van der Waals surface area contributed by atoms with Gasteiger partial charge in [0.2, 0.25) is 0 Å². The lowest BCUT2D eigenvalue weighted by molar-refractivity contribution is 0.0804. The van der Waals surface area contributed by atoms with Crippen molar-refractivity contribution in [1.82, 2.24) is 5.32 Å². The molecule has 1 aromatic carbocycles. The van der Waals surface area contributed by atoms with E-state index in [1.165, 1.54) is 18.4 Å². The summed E-state index contributed by atoms with van der Waals surface area (Å²) in [5, 5.41) is 3.64. The number of nitrogens with one attached hydrogen (secondary N) is 1. The molecule has 3 atom stereocenters. The second-order valence-electron chi connectivity index (χ2n) is 5.46. The second-order valence-corrected chi connectivity index (χ2v) is 5.46. The fourth-order valence-corrected chi connectivity index (χ4v) is 2.73. The Morgan fingerprint density at radius 1 is 1.32 bits per heavy atom. The third kappa shape index (κ3) is 4.22. The van der Waals surface area contributed by atoms with Gasteiger partial charge in [-0.2, -0.15) is 0 Å². The Balaban J connectivity index is 1.80. The van der Waals surface area contributed by atoms with Crippen molar-refractivity contribution in [1.29, 1.82) is 0 Å². The van der Waals surface area contributed by atoms with Gasteiger partial charge in [0.1, 0.15) is 5.75 Å². The average molecular weight is 263 g/mol. The monoisotopic (exact) mass is 263 g/mol.